The molecule has 2 nitrogen and oxygen atoms in total. The molecule has 0 heterocycles. The minimum Gasteiger partial charge on any atom is -0.381 e. The fraction of sp³-hybridized carbons (Fsp3) is 0.533. The molecular formula is C15H22N2. The molecule has 0 spiro atoms. The van der Waals surface area contributed by atoms with Gasteiger partial charge in [0.1, 0.15) is 0 Å². The molecule has 0 saturated carbocycles. The Balaban J connectivity index is 2.52. The van der Waals surface area contributed by atoms with Gasteiger partial charge in [0.2, 0.25) is 0 Å². The predicted octanol–water partition coefficient (Wildman–Crippen LogP) is 4.13. The molecule has 2 heteroatoms. The lowest BCUT2D eigenvalue weighted by atomic mass is 10.1. The first-order valence-electron chi connectivity index (χ1n) is 6.52. The molecule has 92 valence electrons. The van der Waals surface area contributed by atoms with Crippen LogP contribution in [-0.4, -0.2) is 6.04 Å². The smallest absolute Gasteiger partial charge is 0.0643 e. The van der Waals surface area contributed by atoms with Crippen molar-refractivity contribution in [2.45, 2.75) is 52.0 Å². The first kappa shape index (κ1) is 13.6. The van der Waals surface area contributed by atoms with Crippen LogP contribution in [0.5, 0.6) is 0 Å². The van der Waals surface area contributed by atoms with E-state index < -0.39 is 0 Å². The summed E-state index contributed by atoms with van der Waals surface area (Å²) in [7, 11) is 0. The summed E-state index contributed by atoms with van der Waals surface area (Å²) in [6.07, 6.45) is 5.18. The molecule has 0 amide bonds. The Morgan fingerprint density at radius 3 is 2.47 bits per heavy atom. The van der Waals surface area contributed by atoms with Crippen LogP contribution in [0, 0.1) is 11.3 Å². The van der Waals surface area contributed by atoms with Gasteiger partial charge in [-0.05, 0) is 37.0 Å². The van der Waals surface area contributed by atoms with E-state index in [0.29, 0.717) is 6.42 Å². The van der Waals surface area contributed by atoms with Crippen LogP contribution in [0.25, 0.3) is 0 Å². The summed E-state index contributed by atoms with van der Waals surface area (Å²) >= 11 is 0. The van der Waals surface area contributed by atoms with Crippen LogP contribution in [0.2, 0.25) is 0 Å². The number of hydrogen-bond acceptors (Lipinski definition) is 2. The average molecular weight is 230 g/mol. The van der Waals surface area contributed by atoms with Crippen LogP contribution in [0.3, 0.4) is 0 Å². The number of aryl methyl sites for hydroxylation is 1. The summed E-state index contributed by atoms with van der Waals surface area (Å²) < 4.78 is 0. The maximum Gasteiger partial charge on any atom is 0.0643 e. The molecule has 0 saturated heterocycles. The number of nitriles is 1. The molecule has 0 aliphatic heterocycles. The summed E-state index contributed by atoms with van der Waals surface area (Å²) in [5, 5.41) is 12.1. The van der Waals surface area contributed by atoms with Gasteiger partial charge in [0.15, 0.2) is 0 Å². The third-order valence-corrected chi connectivity index (χ3v) is 2.97. The Morgan fingerprint density at radius 1 is 1.24 bits per heavy atom. The standard InChI is InChI=1S/C15H22N2/c1-3-5-6-13-7-9-15(10-8-13)17-14(4-2)11-12-16/h7-10,14,17H,3-6,11H2,1-2H3. The van der Waals surface area contributed by atoms with Gasteiger partial charge in [-0.2, -0.15) is 5.26 Å². The van der Waals surface area contributed by atoms with Gasteiger partial charge < -0.3 is 5.32 Å². The fourth-order valence-corrected chi connectivity index (χ4v) is 1.79. The topological polar surface area (TPSA) is 35.8 Å². The van der Waals surface area contributed by atoms with Crippen molar-refractivity contribution in [3.63, 3.8) is 0 Å². The van der Waals surface area contributed by atoms with Crippen LogP contribution in [0.4, 0.5) is 5.69 Å². The Hall–Kier alpha value is -1.49. The zero-order valence-electron chi connectivity index (χ0n) is 10.9. The third-order valence-electron chi connectivity index (χ3n) is 2.97. The molecule has 1 atom stereocenters. The Labute approximate surface area is 105 Å². The Kier molecular flexibility index (Phi) is 6.17. The van der Waals surface area contributed by atoms with Crippen LogP contribution in [0.15, 0.2) is 24.3 Å². The average Bonchev–Trinajstić information content (AvgIpc) is 2.37. The molecule has 1 aromatic rings. The van der Waals surface area contributed by atoms with Crippen molar-refractivity contribution in [3.05, 3.63) is 29.8 Å². The molecule has 1 unspecified atom stereocenters. The van der Waals surface area contributed by atoms with Crippen LogP contribution >= 0.6 is 0 Å². The van der Waals surface area contributed by atoms with Crippen molar-refractivity contribution in [2.75, 3.05) is 5.32 Å². The number of unbranched alkanes of at least 4 members (excludes halogenated alkanes) is 1. The Bertz CT molecular complexity index is 348. The molecule has 1 rings (SSSR count). The van der Waals surface area contributed by atoms with Gasteiger partial charge in [0, 0.05) is 11.7 Å². The molecule has 0 radical (unpaired) electrons. The molecule has 0 bridgehead atoms. The van der Waals surface area contributed by atoms with Crippen LogP contribution < -0.4 is 5.32 Å². The lowest BCUT2D eigenvalue weighted by Gasteiger charge is -2.15. The molecule has 1 aromatic carbocycles. The van der Waals surface area contributed by atoms with Crippen molar-refractivity contribution in [1.29, 1.82) is 5.26 Å². The molecule has 0 aliphatic carbocycles. The van der Waals surface area contributed by atoms with E-state index in [1.165, 1.54) is 18.4 Å². The molecule has 17 heavy (non-hydrogen) atoms. The van der Waals surface area contributed by atoms with Crippen molar-refractivity contribution in [3.8, 4) is 6.07 Å². The van der Waals surface area contributed by atoms with E-state index in [0.717, 1.165) is 18.5 Å². The summed E-state index contributed by atoms with van der Waals surface area (Å²) in [4.78, 5) is 0. The van der Waals surface area contributed by atoms with Crippen molar-refractivity contribution in [2.24, 2.45) is 0 Å². The first-order valence-corrected chi connectivity index (χ1v) is 6.52. The summed E-state index contributed by atoms with van der Waals surface area (Å²) in [5.41, 5.74) is 2.51. The minimum absolute atomic E-state index is 0.265. The molecule has 1 N–H and O–H groups in total. The van der Waals surface area contributed by atoms with Gasteiger partial charge in [-0.1, -0.05) is 32.4 Å². The van der Waals surface area contributed by atoms with Gasteiger partial charge in [-0.25, -0.2) is 0 Å². The zero-order chi connectivity index (χ0) is 12.5. The van der Waals surface area contributed by atoms with E-state index in [4.69, 9.17) is 5.26 Å². The molecule has 0 fully saturated rings. The van der Waals surface area contributed by atoms with E-state index >= 15 is 0 Å². The number of benzene rings is 1. The van der Waals surface area contributed by atoms with E-state index in [-0.39, 0.29) is 6.04 Å². The summed E-state index contributed by atoms with van der Waals surface area (Å²) in [6.45, 7) is 4.31. The van der Waals surface area contributed by atoms with Crippen molar-refractivity contribution >= 4 is 5.69 Å². The zero-order valence-corrected chi connectivity index (χ0v) is 10.9. The van der Waals surface area contributed by atoms with Gasteiger partial charge in [0.05, 0.1) is 12.5 Å². The predicted molar refractivity (Wildman–Crippen MR) is 73.0 cm³/mol. The number of anilines is 1. The van der Waals surface area contributed by atoms with Gasteiger partial charge in [-0.3, -0.25) is 0 Å². The SMILES string of the molecule is CCCCc1ccc(NC(CC)CC#N)cc1. The first-order chi connectivity index (χ1) is 8.30. The second-order valence-corrected chi connectivity index (χ2v) is 4.41. The lowest BCUT2D eigenvalue weighted by Crippen LogP contribution is -2.17. The van der Waals surface area contributed by atoms with Crippen molar-refractivity contribution < 1.29 is 0 Å². The van der Waals surface area contributed by atoms with E-state index in [2.05, 4.69) is 49.5 Å². The summed E-state index contributed by atoms with van der Waals surface area (Å²) in [5.74, 6) is 0. The monoisotopic (exact) mass is 230 g/mol. The van der Waals surface area contributed by atoms with Gasteiger partial charge in [-0.15, -0.1) is 0 Å². The normalized spacial score (nSPS) is 11.8. The van der Waals surface area contributed by atoms with Crippen molar-refractivity contribution in [1.82, 2.24) is 0 Å². The second-order valence-electron chi connectivity index (χ2n) is 4.41. The molecule has 0 aliphatic rings. The molecular weight excluding hydrogens is 208 g/mol. The number of hydrogen-bond donors (Lipinski definition) is 1. The van der Waals surface area contributed by atoms with E-state index in [1.54, 1.807) is 0 Å². The Morgan fingerprint density at radius 2 is 1.94 bits per heavy atom. The maximum atomic E-state index is 8.70. The highest BCUT2D eigenvalue weighted by Gasteiger charge is 2.04. The van der Waals surface area contributed by atoms with E-state index in [1.807, 2.05) is 0 Å². The number of nitrogens with one attached hydrogen (secondary N) is 1. The van der Waals surface area contributed by atoms with Crippen LogP contribution in [-0.2, 0) is 6.42 Å². The minimum atomic E-state index is 0.265. The molecule has 0 aromatic heterocycles. The van der Waals surface area contributed by atoms with E-state index in [9.17, 15) is 0 Å². The lowest BCUT2D eigenvalue weighted by molar-refractivity contribution is 0.711. The number of nitrogens with zero attached hydrogens (tertiary/aromatic N) is 1. The van der Waals surface area contributed by atoms with Crippen LogP contribution in [0.1, 0.15) is 45.1 Å². The second kappa shape index (κ2) is 7.73. The highest BCUT2D eigenvalue weighted by atomic mass is 14.9. The highest BCUT2D eigenvalue weighted by Crippen LogP contribution is 2.14. The number of rotatable bonds is 7. The highest BCUT2D eigenvalue weighted by molar-refractivity contribution is 5.45. The summed E-state index contributed by atoms with van der Waals surface area (Å²) in [6, 6.07) is 11.1. The maximum absolute atomic E-state index is 8.70. The van der Waals surface area contributed by atoms with Gasteiger partial charge in [0.25, 0.3) is 0 Å². The van der Waals surface area contributed by atoms with Gasteiger partial charge >= 0.3 is 0 Å². The fourth-order valence-electron chi connectivity index (χ4n) is 1.79. The quantitative estimate of drug-likeness (QED) is 0.764. The third kappa shape index (κ3) is 4.91. The largest absolute Gasteiger partial charge is 0.381 e.